The van der Waals surface area contributed by atoms with E-state index in [2.05, 4.69) is 18.7 Å². The number of nitrogens with zero attached hydrogens (tertiary/aromatic N) is 1. The van der Waals surface area contributed by atoms with Crippen LogP contribution in [-0.4, -0.2) is 57.1 Å². The fraction of sp³-hybridized carbons (Fsp3) is 0.500. The molecule has 0 saturated carbocycles. The summed E-state index contributed by atoms with van der Waals surface area (Å²) in [5.41, 5.74) is 1.16. The van der Waals surface area contributed by atoms with Crippen LogP contribution in [-0.2, 0) is 4.74 Å². The first-order chi connectivity index (χ1) is 12.9. The molecule has 0 fully saturated rings. The zero-order valence-electron chi connectivity index (χ0n) is 16.8. The highest BCUT2D eigenvalue weighted by Crippen LogP contribution is 2.41. The van der Waals surface area contributed by atoms with Gasteiger partial charge in [0.1, 0.15) is 17.8 Å². The first-order valence-corrected chi connectivity index (χ1v) is 8.97. The number of likely N-dealkylation sites (N-methyl/N-ethyl adjacent to an activating group) is 1. The maximum atomic E-state index is 12.4. The molecule has 0 radical (unpaired) electrons. The van der Waals surface area contributed by atoms with Crippen molar-refractivity contribution in [2.75, 3.05) is 40.5 Å². The summed E-state index contributed by atoms with van der Waals surface area (Å²) in [4.78, 5) is 26.6. The van der Waals surface area contributed by atoms with E-state index in [1.807, 2.05) is 0 Å². The number of fused-ring (bicyclic) bond motifs is 1. The van der Waals surface area contributed by atoms with Crippen molar-refractivity contribution < 1.29 is 28.2 Å². The Morgan fingerprint density at radius 1 is 1.19 bits per heavy atom. The molecule has 2 rings (SSSR count). The number of carbonyl (C=O) groups excluding carboxylic acids is 2. The van der Waals surface area contributed by atoms with Gasteiger partial charge in [0.2, 0.25) is 5.76 Å². The highest BCUT2D eigenvalue weighted by molar-refractivity contribution is 6.10. The molecule has 0 N–H and O–H groups in total. The fourth-order valence-electron chi connectivity index (χ4n) is 3.03. The molecular weight excluding hydrogens is 350 g/mol. The average Bonchev–Trinajstić information content (AvgIpc) is 2.99. The number of rotatable bonds is 9. The third-order valence-corrected chi connectivity index (χ3v) is 4.64. The van der Waals surface area contributed by atoms with Crippen LogP contribution in [0, 0.1) is 6.92 Å². The molecule has 2 aromatic rings. The predicted octanol–water partition coefficient (Wildman–Crippen LogP) is 3.46. The number of aryl methyl sites for hydroxylation is 1. The molecule has 0 aliphatic heterocycles. The van der Waals surface area contributed by atoms with Crippen LogP contribution >= 0.6 is 0 Å². The van der Waals surface area contributed by atoms with Crippen LogP contribution in [0.15, 0.2) is 10.5 Å². The third-order valence-electron chi connectivity index (χ3n) is 4.64. The summed E-state index contributed by atoms with van der Waals surface area (Å²) in [6, 6.07) is 1.72. The maximum absolute atomic E-state index is 12.4. The summed E-state index contributed by atoms with van der Waals surface area (Å²) >= 11 is 0. The van der Waals surface area contributed by atoms with Gasteiger partial charge in [0.15, 0.2) is 17.3 Å². The molecule has 7 heteroatoms. The van der Waals surface area contributed by atoms with E-state index in [0.717, 1.165) is 19.6 Å². The van der Waals surface area contributed by atoms with Crippen LogP contribution < -0.4 is 9.47 Å². The Morgan fingerprint density at radius 3 is 2.37 bits per heavy atom. The van der Waals surface area contributed by atoms with E-state index in [1.54, 1.807) is 13.0 Å². The Hall–Kier alpha value is -2.54. The van der Waals surface area contributed by atoms with Crippen LogP contribution in [0.3, 0.4) is 0 Å². The number of hydrogen-bond acceptors (Lipinski definition) is 7. The molecule has 148 valence electrons. The van der Waals surface area contributed by atoms with E-state index >= 15 is 0 Å². The molecule has 0 aliphatic rings. The quantitative estimate of drug-likeness (QED) is 0.489. The number of benzene rings is 1. The monoisotopic (exact) mass is 377 g/mol. The normalized spacial score (nSPS) is 11.1. The molecule has 1 heterocycles. The number of ether oxygens (including phenoxy) is 3. The summed E-state index contributed by atoms with van der Waals surface area (Å²) in [6.45, 7) is 10.3. The van der Waals surface area contributed by atoms with Crippen LogP contribution in [0.2, 0.25) is 0 Å². The molecule has 0 atom stereocenters. The van der Waals surface area contributed by atoms with Gasteiger partial charge in [0.05, 0.1) is 14.2 Å². The van der Waals surface area contributed by atoms with Crippen molar-refractivity contribution >= 4 is 22.7 Å². The Bertz CT molecular complexity index is 835. The Morgan fingerprint density at radius 2 is 1.85 bits per heavy atom. The van der Waals surface area contributed by atoms with Gasteiger partial charge in [-0.1, -0.05) is 13.8 Å². The lowest BCUT2D eigenvalue weighted by Crippen LogP contribution is -2.28. The molecule has 0 amide bonds. The third kappa shape index (κ3) is 4.08. The van der Waals surface area contributed by atoms with Gasteiger partial charge in [-0.15, -0.1) is 0 Å². The fourth-order valence-corrected chi connectivity index (χ4v) is 3.03. The lowest BCUT2D eigenvalue weighted by molar-refractivity contribution is 0.0566. The standard InChI is InChI=1S/C20H27NO6/c1-7-21(8-2)9-10-26-19-15(24-5)11-14-12(3)17(20(23)25-6)27-18(14)16(19)13(4)22/h11H,7-10H2,1-6H3. The van der Waals surface area contributed by atoms with Gasteiger partial charge in [-0.2, -0.15) is 0 Å². The molecule has 7 nitrogen and oxygen atoms in total. The van der Waals surface area contributed by atoms with Gasteiger partial charge in [0.25, 0.3) is 0 Å². The SMILES string of the molecule is CCN(CC)CCOc1c(OC)cc2c(C)c(C(=O)OC)oc2c1C(C)=O. The van der Waals surface area contributed by atoms with E-state index in [0.29, 0.717) is 34.6 Å². The molecule has 1 aromatic heterocycles. The highest BCUT2D eigenvalue weighted by atomic mass is 16.5. The minimum Gasteiger partial charge on any atom is -0.493 e. The average molecular weight is 377 g/mol. The van der Waals surface area contributed by atoms with E-state index in [9.17, 15) is 9.59 Å². The van der Waals surface area contributed by atoms with Gasteiger partial charge >= 0.3 is 5.97 Å². The first kappa shape index (κ1) is 20.8. The second kappa shape index (κ2) is 8.90. The topological polar surface area (TPSA) is 78.2 Å². The largest absolute Gasteiger partial charge is 0.493 e. The van der Waals surface area contributed by atoms with Crippen LogP contribution in [0.1, 0.15) is 47.2 Å². The van der Waals surface area contributed by atoms with E-state index in [4.69, 9.17) is 18.6 Å². The summed E-state index contributed by atoms with van der Waals surface area (Å²) in [5.74, 6) is -0.0113. The molecule has 0 spiro atoms. The van der Waals surface area contributed by atoms with E-state index in [1.165, 1.54) is 21.1 Å². The number of carbonyl (C=O) groups is 2. The second-order valence-corrected chi connectivity index (χ2v) is 6.14. The molecule has 0 unspecified atom stereocenters. The van der Waals surface area contributed by atoms with Crippen molar-refractivity contribution in [3.63, 3.8) is 0 Å². The molecule has 0 saturated heterocycles. The molecule has 1 aromatic carbocycles. The Balaban J connectivity index is 2.56. The lowest BCUT2D eigenvalue weighted by atomic mass is 10.0. The van der Waals surface area contributed by atoms with Gasteiger partial charge in [0, 0.05) is 17.5 Å². The molecule has 0 aliphatic carbocycles. The number of esters is 1. The van der Waals surface area contributed by atoms with Crippen LogP contribution in [0.4, 0.5) is 0 Å². The highest BCUT2D eigenvalue weighted by Gasteiger charge is 2.27. The molecule has 0 bridgehead atoms. The summed E-state index contributed by atoms with van der Waals surface area (Å²) in [7, 11) is 2.79. The van der Waals surface area contributed by atoms with Crippen LogP contribution in [0.25, 0.3) is 11.0 Å². The number of Topliss-reactive ketones (excluding diaryl/α,β-unsaturated/α-hetero) is 1. The van der Waals surface area contributed by atoms with Gasteiger partial charge in [-0.05, 0) is 33.0 Å². The number of furan rings is 1. The first-order valence-electron chi connectivity index (χ1n) is 8.97. The summed E-state index contributed by atoms with van der Waals surface area (Å²) in [5, 5.41) is 0.619. The van der Waals surface area contributed by atoms with Gasteiger partial charge < -0.3 is 23.5 Å². The van der Waals surface area contributed by atoms with Gasteiger partial charge in [-0.3, -0.25) is 4.79 Å². The van der Waals surface area contributed by atoms with Crippen molar-refractivity contribution in [1.29, 1.82) is 0 Å². The van der Waals surface area contributed by atoms with E-state index < -0.39 is 5.97 Å². The minimum atomic E-state index is -0.596. The summed E-state index contributed by atoms with van der Waals surface area (Å²) in [6.07, 6.45) is 0. The van der Waals surface area contributed by atoms with Crippen LogP contribution in [0.5, 0.6) is 11.5 Å². The minimum absolute atomic E-state index is 0.0670. The zero-order valence-corrected chi connectivity index (χ0v) is 16.8. The summed E-state index contributed by atoms with van der Waals surface area (Å²) < 4.78 is 21.9. The predicted molar refractivity (Wildman–Crippen MR) is 102 cm³/mol. The Labute approximate surface area is 159 Å². The van der Waals surface area contributed by atoms with Crippen molar-refractivity contribution in [2.24, 2.45) is 0 Å². The zero-order chi connectivity index (χ0) is 20.1. The van der Waals surface area contributed by atoms with Crippen molar-refractivity contribution in [2.45, 2.75) is 27.7 Å². The Kier molecular flexibility index (Phi) is 6.85. The molecular formula is C20H27NO6. The number of ketones is 1. The van der Waals surface area contributed by atoms with Crippen molar-refractivity contribution in [1.82, 2.24) is 4.90 Å². The number of hydrogen-bond donors (Lipinski definition) is 0. The smallest absolute Gasteiger partial charge is 0.374 e. The van der Waals surface area contributed by atoms with Gasteiger partial charge in [-0.25, -0.2) is 4.79 Å². The number of methoxy groups -OCH3 is 2. The molecule has 27 heavy (non-hydrogen) atoms. The lowest BCUT2D eigenvalue weighted by Gasteiger charge is -2.19. The van der Waals surface area contributed by atoms with Crippen molar-refractivity contribution in [3.8, 4) is 11.5 Å². The van der Waals surface area contributed by atoms with Crippen molar-refractivity contribution in [3.05, 3.63) is 23.0 Å². The maximum Gasteiger partial charge on any atom is 0.374 e. The second-order valence-electron chi connectivity index (χ2n) is 6.14. The van der Waals surface area contributed by atoms with E-state index in [-0.39, 0.29) is 17.1 Å².